The molecule has 342 valence electrons. The second kappa shape index (κ2) is 42.6. The summed E-state index contributed by atoms with van der Waals surface area (Å²) in [4.78, 5) is 36.9. The highest BCUT2D eigenvalue weighted by Gasteiger charge is 2.25. The van der Waals surface area contributed by atoms with Gasteiger partial charge in [0.1, 0.15) is 12.6 Å². The highest BCUT2D eigenvalue weighted by atomic mass is 16.6. The van der Waals surface area contributed by atoms with Crippen molar-refractivity contribution in [2.45, 2.75) is 122 Å². The van der Waals surface area contributed by atoms with E-state index in [9.17, 15) is 19.5 Å². The fraction of sp³-hybridized carbons (Fsp3) is 0.463. The Morgan fingerprint density at radius 2 is 0.968 bits per heavy atom. The number of quaternary nitrogens is 1. The Morgan fingerprint density at radius 3 is 1.45 bits per heavy atom. The number of esters is 2. The minimum atomic E-state index is -1.15. The third-order valence-electron chi connectivity index (χ3n) is 8.87. The van der Waals surface area contributed by atoms with Gasteiger partial charge in [0.05, 0.1) is 40.3 Å². The lowest BCUT2D eigenvalue weighted by atomic mass is 10.1. The van der Waals surface area contributed by atoms with Crippen LogP contribution in [0.3, 0.4) is 0 Å². The summed E-state index contributed by atoms with van der Waals surface area (Å²) in [6.45, 7) is 4.23. The second-order valence-electron chi connectivity index (χ2n) is 15.4. The fourth-order valence-corrected chi connectivity index (χ4v) is 5.43. The standard InChI is InChI=1S/C54H79NO7/c1-6-8-10-12-14-16-18-20-22-24-26-28-30-32-34-36-38-40-42-44-52(56)61-49-50(48-60-47-46-51(54(58)59)55(3,4)5)62-53(57)45-43-41-39-37-35-33-31-29-27-25-23-21-19-17-15-13-11-9-7-2/h8-11,13-17,19-23,25-29,31-35,38,40,50-51H,6-7,12,18,24,30,36-37,39,41-49H2,1-5H3/b10-8+,11-9+,15-13+,16-14+,19-17+,22-20+,23-21+,27-25+,28-26+,31-29+,34-32+,35-33+,40-38+. The van der Waals surface area contributed by atoms with Crippen molar-refractivity contribution in [3.05, 3.63) is 158 Å². The molecule has 0 rings (SSSR count). The first-order chi connectivity index (χ1) is 30.1. The van der Waals surface area contributed by atoms with Crippen molar-refractivity contribution in [3.63, 3.8) is 0 Å². The quantitative estimate of drug-likeness (QED) is 0.0202. The largest absolute Gasteiger partial charge is 0.544 e. The van der Waals surface area contributed by atoms with Crippen molar-refractivity contribution >= 4 is 17.9 Å². The average Bonchev–Trinajstić information content (AvgIpc) is 3.23. The third-order valence-corrected chi connectivity index (χ3v) is 8.87. The van der Waals surface area contributed by atoms with E-state index in [-0.39, 0.29) is 49.5 Å². The number of carbonyl (C=O) groups is 3. The molecule has 0 radical (unpaired) electrons. The second-order valence-corrected chi connectivity index (χ2v) is 15.4. The molecule has 0 saturated heterocycles. The SMILES string of the molecule is CC/C=C/C=C/C=C/C=C/C=C/C=C/C=C/CCCCCC(=O)OC(COCCC(C(=O)[O-])[N+](C)(C)C)COC(=O)CC/C=C/C/C=C/C/C=C/C/C=C/C/C=C/C/C=C/CC. The number of allylic oxidation sites excluding steroid dienone is 26. The number of likely N-dealkylation sites (N-methyl/N-ethyl adjacent to an activating group) is 1. The zero-order valence-electron chi connectivity index (χ0n) is 38.7. The van der Waals surface area contributed by atoms with Gasteiger partial charge in [-0.3, -0.25) is 9.59 Å². The minimum absolute atomic E-state index is 0.0152. The van der Waals surface area contributed by atoms with Crippen molar-refractivity contribution in [1.82, 2.24) is 0 Å². The number of carbonyl (C=O) groups excluding carboxylic acids is 3. The Kier molecular flexibility index (Phi) is 39.2. The molecule has 0 aliphatic heterocycles. The number of rotatable bonds is 37. The predicted octanol–water partition coefficient (Wildman–Crippen LogP) is 11.4. The molecule has 62 heavy (non-hydrogen) atoms. The van der Waals surface area contributed by atoms with E-state index >= 15 is 0 Å². The molecule has 0 fully saturated rings. The van der Waals surface area contributed by atoms with Gasteiger partial charge in [-0.05, 0) is 70.6 Å². The molecule has 0 saturated carbocycles. The van der Waals surface area contributed by atoms with Gasteiger partial charge in [0.25, 0.3) is 0 Å². The molecule has 0 aromatic heterocycles. The summed E-state index contributed by atoms with van der Waals surface area (Å²) in [6, 6.07) is -0.758. The smallest absolute Gasteiger partial charge is 0.306 e. The molecule has 2 atom stereocenters. The van der Waals surface area contributed by atoms with Crippen LogP contribution in [0.1, 0.15) is 110 Å². The van der Waals surface area contributed by atoms with E-state index in [2.05, 4.69) is 86.8 Å². The van der Waals surface area contributed by atoms with E-state index in [0.717, 1.165) is 64.2 Å². The zero-order valence-corrected chi connectivity index (χ0v) is 38.7. The van der Waals surface area contributed by atoms with E-state index in [4.69, 9.17) is 14.2 Å². The summed E-state index contributed by atoms with van der Waals surface area (Å²) in [6.07, 6.45) is 64.2. The van der Waals surface area contributed by atoms with E-state index in [1.165, 1.54) is 0 Å². The van der Waals surface area contributed by atoms with Gasteiger partial charge >= 0.3 is 11.9 Å². The molecule has 8 heteroatoms. The van der Waals surface area contributed by atoms with E-state index in [1.807, 2.05) is 85.1 Å². The molecule has 0 aromatic rings. The van der Waals surface area contributed by atoms with Crippen LogP contribution in [0.25, 0.3) is 0 Å². The van der Waals surface area contributed by atoms with E-state index < -0.39 is 24.1 Å². The molecule has 0 aromatic carbocycles. The molecule has 0 heterocycles. The topological polar surface area (TPSA) is 102 Å². The van der Waals surface area contributed by atoms with Crippen LogP contribution < -0.4 is 5.11 Å². The molecule has 0 N–H and O–H groups in total. The number of ether oxygens (including phenoxy) is 3. The van der Waals surface area contributed by atoms with Crippen LogP contribution in [0, 0.1) is 0 Å². The molecule has 0 spiro atoms. The molecule has 0 aliphatic carbocycles. The molecule has 0 bridgehead atoms. The number of aliphatic carboxylic acids is 1. The van der Waals surface area contributed by atoms with Crippen LogP contribution in [-0.2, 0) is 28.6 Å². The first-order valence-corrected chi connectivity index (χ1v) is 22.6. The minimum Gasteiger partial charge on any atom is -0.544 e. The van der Waals surface area contributed by atoms with Gasteiger partial charge in [0.2, 0.25) is 0 Å². The number of hydrogen-bond acceptors (Lipinski definition) is 7. The Hall–Kier alpha value is -5.05. The van der Waals surface area contributed by atoms with Gasteiger partial charge in [-0.2, -0.15) is 0 Å². The maximum Gasteiger partial charge on any atom is 0.306 e. The van der Waals surface area contributed by atoms with E-state index in [1.54, 1.807) is 21.1 Å². The number of carboxylic acid groups (broad SMARTS) is 1. The van der Waals surface area contributed by atoms with Crippen LogP contribution in [0.4, 0.5) is 0 Å². The van der Waals surface area contributed by atoms with Gasteiger partial charge < -0.3 is 28.6 Å². The summed E-state index contributed by atoms with van der Waals surface area (Å²) in [5, 5.41) is 11.6. The van der Waals surface area contributed by atoms with Gasteiger partial charge in [0.15, 0.2) is 6.10 Å². The summed E-state index contributed by atoms with van der Waals surface area (Å²) in [7, 11) is 5.34. The third kappa shape index (κ3) is 40.4. The number of nitrogens with zero attached hydrogens (tertiary/aromatic N) is 1. The molecule has 0 amide bonds. The predicted molar refractivity (Wildman–Crippen MR) is 258 cm³/mol. The Labute approximate surface area is 376 Å². The summed E-state index contributed by atoms with van der Waals surface area (Å²) in [5.74, 6) is -1.93. The highest BCUT2D eigenvalue weighted by Crippen LogP contribution is 2.10. The van der Waals surface area contributed by atoms with Crippen molar-refractivity contribution < 1.29 is 38.2 Å². The Morgan fingerprint density at radius 1 is 0.500 bits per heavy atom. The normalized spacial score (nSPS) is 14.4. The van der Waals surface area contributed by atoms with Gasteiger partial charge in [-0.1, -0.05) is 178 Å². The average molecular weight is 854 g/mol. The zero-order chi connectivity index (χ0) is 45.6. The van der Waals surface area contributed by atoms with Crippen LogP contribution in [0.5, 0.6) is 0 Å². The monoisotopic (exact) mass is 854 g/mol. The van der Waals surface area contributed by atoms with Crippen LogP contribution in [-0.4, -0.2) is 75.5 Å². The van der Waals surface area contributed by atoms with Crippen LogP contribution in [0.2, 0.25) is 0 Å². The van der Waals surface area contributed by atoms with Crippen molar-refractivity contribution in [2.24, 2.45) is 0 Å². The fourth-order valence-electron chi connectivity index (χ4n) is 5.43. The summed E-state index contributed by atoms with van der Waals surface area (Å²) in [5.41, 5.74) is 0. The summed E-state index contributed by atoms with van der Waals surface area (Å²) >= 11 is 0. The maximum atomic E-state index is 12.7. The number of hydrogen-bond donors (Lipinski definition) is 0. The van der Waals surface area contributed by atoms with Crippen LogP contribution in [0.15, 0.2) is 158 Å². The Bertz CT molecular complexity index is 1560. The number of unbranched alkanes of at least 4 members (excludes halogenated alkanes) is 3. The maximum absolute atomic E-state index is 12.7. The molecule has 8 nitrogen and oxygen atoms in total. The molecule has 2 unspecified atom stereocenters. The van der Waals surface area contributed by atoms with Crippen LogP contribution >= 0.6 is 0 Å². The van der Waals surface area contributed by atoms with Crippen molar-refractivity contribution in [3.8, 4) is 0 Å². The molecule has 0 aliphatic rings. The van der Waals surface area contributed by atoms with Crippen molar-refractivity contribution in [1.29, 1.82) is 0 Å². The lowest BCUT2D eigenvalue weighted by Crippen LogP contribution is -2.55. The Balaban J connectivity index is 4.61. The summed E-state index contributed by atoms with van der Waals surface area (Å²) < 4.78 is 17.0. The molecular formula is C54H79NO7. The highest BCUT2D eigenvalue weighted by molar-refractivity contribution is 5.70. The van der Waals surface area contributed by atoms with Gasteiger partial charge in [-0.15, -0.1) is 0 Å². The van der Waals surface area contributed by atoms with Gasteiger partial charge in [-0.25, -0.2) is 0 Å². The molecular weight excluding hydrogens is 775 g/mol. The first-order valence-electron chi connectivity index (χ1n) is 22.6. The van der Waals surface area contributed by atoms with Gasteiger partial charge in [0, 0.05) is 19.3 Å². The van der Waals surface area contributed by atoms with Crippen molar-refractivity contribution in [2.75, 3.05) is 41.0 Å². The number of carboxylic acids is 1. The van der Waals surface area contributed by atoms with E-state index in [0.29, 0.717) is 12.8 Å². The lowest BCUT2D eigenvalue weighted by Gasteiger charge is -2.34. The first kappa shape index (κ1) is 57.0. The lowest BCUT2D eigenvalue weighted by molar-refractivity contribution is -0.889.